The fraction of sp³-hybridized carbons (Fsp3) is 0.500. The van der Waals surface area contributed by atoms with Crippen molar-refractivity contribution in [3.63, 3.8) is 0 Å². The summed E-state index contributed by atoms with van der Waals surface area (Å²) >= 11 is 0. The van der Waals surface area contributed by atoms with Crippen LogP contribution in [0.3, 0.4) is 0 Å². The van der Waals surface area contributed by atoms with Gasteiger partial charge in [-0.3, -0.25) is 4.79 Å². The first-order valence-electron chi connectivity index (χ1n) is 6.34. The van der Waals surface area contributed by atoms with E-state index in [0.717, 1.165) is 19.4 Å². The van der Waals surface area contributed by atoms with Gasteiger partial charge in [-0.1, -0.05) is 31.2 Å². The summed E-state index contributed by atoms with van der Waals surface area (Å²) in [4.78, 5) is 12.0. The smallest absolute Gasteiger partial charge is 0.237 e. The molecule has 2 N–H and O–H groups in total. The molecule has 3 rings (SSSR count). The summed E-state index contributed by atoms with van der Waals surface area (Å²) in [6, 6.07) is 8.70. The van der Waals surface area contributed by atoms with Crippen LogP contribution in [-0.4, -0.2) is 18.0 Å². The molecule has 3 unspecified atom stereocenters. The second kappa shape index (κ2) is 4.15. The molecule has 2 aliphatic rings. The maximum Gasteiger partial charge on any atom is 0.237 e. The summed E-state index contributed by atoms with van der Waals surface area (Å²) in [5.41, 5.74) is 2.62. The van der Waals surface area contributed by atoms with Crippen molar-refractivity contribution in [2.75, 3.05) is 0 Å². The summed E-state index contributed by atoms with van der Waals surface area (Å²) < 4.78 is 0. The Morgan fingerprint density at radius 2 is 2.06 bits per heavy atom. The quantitative estimate of drug-likeness (QED) is 0.802. The monoisotopic (exact) mass is 230 g/mol. The first-order chi connectivity index (χ1) is 8.24. The molecule has 0 bridgehead atoms. The van der Waals surface area contributed by atoms with Gasteiger partial charge in [0.15, 0.2) is 0 Å². The summed E-state index contributed by atoms with van der Waals surface area (Å²) in [5.74, 6) is 0.823. The van der Waals surface area contributed by atoms with Gasteiger partial charge in [0.05, 0.1) is 6.04 Å². The molecule has 1 heterocycles. The Morgan fingerprint density at radius 3 is 2.76 bits per heavy atom. The van der Waals surface area contributed by atoms with Crippen LogP contribution in [0.1, 0.15) is 24.5 Å². The first-order valence-corrected chi connectivity index (χ1v) is 6.34. The molecule has 1 amide bonds. The van der Waals surface area contributed by atoms with E-state index >= 15 is 0 Å². The molecule has 1 aliphatic carbocycles. The van der Waals surface area contributed by atoms with Crippen LogP contribution >= 0.6 is 0 Å². The van der Waals surface area contributed by atoms with Crippen LogP contribution in [0.2, 0.25) is 0 Å². The van der Waals surface area contributed by atoms with E-state index < -0.39 is 0 Å². The Kier molecular flexibility index (Phi) is 2.63. The number of fused-ring (bicyclic) bond motifs is 1. The number of benzene rings is 1. The molecule has 3 atom stereocenters. The maximum atomic E-state index is 12.0. The number of hydrogen-bond donors (Lipinski definition) is 2. The number of rotatable bonds is 2. The molecule has 3 heteroatoms. The zero-order valence-electron chi connectivity index (χ0n) is 10.1. The van der Waals surface area contributed by atoms with Gasteiger partial charge in [-0.2, -0.15) is 0 Å². The summed E-state index contributed by atoms with van der Waals surface area (Å²) in [5, 5.41) is 6.41. The average Bonchev–Trinajstić information content (AvgIpc) is 3.04. The second-order valence-corrected chi connectivity index (χ2v) is 5.23. The van der Waals surface area contributed by atoms with Gasteiger partial charge in [0.25, 0.3) is 0 Å². The van der Waals surface area contributed by atoms with Crippen molar-refractivity contribution in [2.45, 2.75) is 38.4 Å². The van der Waals surface area contributed by atoms with E-state index in [1.54, 1.807) is 0 Å². The number of nitrogens with one attached hydrogen (secondary N) is 2. The highest BCUT2D eigenvalue weighted by molar-refractivity contribution is 5.83. The van der Waals surface area contributed by atoms with Crippen molar-refractivity contribution in [1.29, 1.82) is 0 Å². The van der Waals surface area contributed by atoms with Gasteiger partial charge in [0.2, 0.25) is 5.91 Å². The summed E-state index contributed by atoms with van der Waals surface area (Å²) in [6.45, 7) is 2.98. The lowest BCUT2D eigenvalue weighted by molar-refractivity contribution is -0.123. The van der Waals surface area contributed by atoms with E-state index in [9.17, 15) is 4.79 Å². The molecule has 3 nitrogen and oxygen atoms in total. The minimum Gasteiger partial charge on any atom is -0.352 e. The van der Waals surface area contributed by atoms with E-state index in [4.69, 9.17) is 0 Å². The third kappa shape index (κ3) is 2.20. The van der Waals surface area contributed by atoms with Crippen molar-refractivity contribution in [1.82, 2.24) is 10.6 Å². The normalized spacial score (nSPS) is 30.5. The van der Waals surface area contributed by atoms with Crippen molar-refractivity contribution in [2.24, 2.45) is 5.92 Å². The average molecular weight is 230 g/mol. The zero-order valence-corrected chi connectivity index (χ0v) is 10.1. The first kappa shape index (κ1) is 10.8. The molecule has 17 heavy (non-hydrogen) atoms. The topological polar surface area (TPSA) is 41.1 Å². The lowest BCUT2D eigenvalue weighted by Gasteiger charge is -2.25. The van der Waals surface area contributed by atoms with Gasteiger partial charge >= 0.3 is 0 Å². The molecule has 0 aromatic heterocycles. The number of carbonyl (C=O) groups excluding carboxylic acids is 1. The third-order valence-corrected chi connectivity index (χ3v) is 3.83. The fourth-order valence-corrected chi connectivity index (χ4v) is 2.45. The zero-order chi connectivity index (χ0) is 11.8. The Morgan fingerprint density at radius 1 is 1.35 bits per heavy atom. The Hall–Kier alpha value is -1.35. The highest BCUT2D eigenvalue weighted by Crippen LogP contribution is 2.29. The molecule has 1 aromatic carbocycles. The van der Waals surface area contributed by atoms with Gasteiger partial charge in [0.1, 0.15) is 0 Å². The Bertz CT molecular complexity index is 444. The molecule has 0 spiro atoms. The molecule has 90 valence electrons. The van der Waals surface area contributed by atoms with Crippen molar-refractivity contribution in [3.8, 4) is 0 Å². The third-order valence-electron chi connectivity index (χ3n) is 3.83. The van der Waals surface area contributed by atoms with Gasteiger partial charge in [-0.15, -0.1) is 0 Å². The molecule has 1 fully saturated rings. The van der Waals surface area contributed by atoms with E-state index in [-0.39, 0.29) is 11.9 Å². The van der Waals surface area contributed by atoms with E-state index in [1.165, 1.54) is 11.1 Å². The molecular weight excluding hydrogens is 212 g/mol. The van der Waals surface area contributed by atoms with Crippen LogP contribution in [0.25, 0.3) is 0 Å². The van der Waals surface area contributed by atoms with Crippen LogP contribution in [0.4, 0.5) is 0 Å². The van der Waals surface area contributed by atoms with E-state index in [2.05, 4.69) is 29.7 Å². The largest absolute Gasteiger partial charge is 0.352 e. The van der Waals surface area contributed by atoms with Crippen molar-refractivity contribution in [3.05, 3.63) is 35.4 Å². The van der Waals surface area contributed by atoms with Gasteiger partial charge in [-0.25, -0.2) is 0 Å². The highest BCUT2D eigenvalue weighted by Gasteiger charge is 2.36. The molecule has 0 radical (unpaired) electrons. The fourth-order valence-electron chi connectivity index (χ4n) is 2.45. The lowest BCUT2D eigenvalue weighted by atomic mass is 9.95. The van der Waals surface area contributed by atoms with Gasteiger partial charge < -0.3 is 10.6 Å². The molecule has 0 saturated heterocycles. The van der Waals surface area contributed by atoms with Crippen LogP contribution in [-0.2, 0) is 17.8 Å². The second-order valence-electron chi connectivity index (χ2n) is 5.23. The minimum atomic E-state index is -0.0577. The predicted octanol–water partition coefficient (Wildman–Crippen LogP) is 1.23. The van der Waals surface area contributed by atoms with E-state index in [1.807, 2.05) is 12.1 Å². The molecule has 1 saturated carbocycles. The van der Waals surface area contributed by atoms with Crippen LogP contribution in [0, 0.1) is 5.92 Å². The van der Waals surface area contributed by atoms with Gasteiger partial charge in [0, 0.05) is 12.6 Å². The standard InChI is InChI=1S/C14H18N2O/c1-9-6-12(9)16-14(17)13-7-10-4-2-3-5-11(10)8-15-13/h2-5,9,12-13,15H,6-8H2,1H3,(H,16,17). The number of hydrogen-bond acceptors (Lipinski definition) is 2. The van der Waals surface area contributed by atoms with Crippen LogP contribution in [0.5, 0.6) is 0 Å². The van der Waals surface area contributed by atoms with Crippen molar-refractivity contribution < 1.29 is 4.79 Å². The highest BCUT2D eigenvalue weighted by atomic mass is 16.2. The van der Waals surface area contributed by atoms with Crippen molar-refractivity contribution >= 4 is 5.91 Å². The van der Waals surface area contributed by atoms with Crippen LogP contribution in [0.15, 0.2) is 24.3 Å². The number of amides is 1. The van der Waals surface area contributed by atoms with Crippen LogP contribution < -0.4 is 10.6 Å². The molecule has 1 aliphatic heterocycles. The minimum absolute atomic E-state index is 0.0577. The molecular formula is C14H18N2O. The Labute approximate surface area is 102 Å². The SMILES string of the molecule is CC1CC1NC(=O)C1Cc2ccccc2CN1. The maximum absolute atomic E-state index is 12.0. The Balaban J connectivity index is 1.65. The lowest BCUT2D eigenvalue weighted by Crippen LogP contribution is -2.48. The predicted molar refractivity (Wildman–Crippen MR) is 66.5 cm³/mol. The number of carbonyl (C=O) groups is 1. The van der Waals surface area contributed by atoms with E-state index in [0.29, 0.717) is 12.0 Å². The van der Waals surface area contributed by atoms with Gasteiger partial charge in [-0.05, 0) is 29.9 Å². The molecule has 1 aromatic rings. The summed E-state index contributed by atoms with van der Waals surface area (Å²) in [7, 11) is 0. The summed E-state index contributed by atoms with van der Waals surface area (Å²) in [6.07, 6.45) is 1.94.